The van der Waals surface area contributed by atoms with E-state index in [4.69, 9.17) is 23.8 Å². The molecule has 4 aromatic heterocycles. The number of anilines is 3. The van der Waals surface area contributed by atoms with Gasteiger partial charge in [-0.3, -0.25) is 0 Å². The van der Waals surface area contributed by atoms with Crippen molar-refractivity contribution in [1.29, 1.82) is 0 Å². The number of furan rings is 2. The molecule has 0 aliphatic carbocycles. The van der Waals surface area contributed by atoms with Crippen LogP contribution in [-0.4, -0.2) is 15.0 Å². The second-order valence-corrected chi connectivity index (χ2v) is 15.4. The average molecular weight is 763 g/mol. The molecule has 4 heterocycles. The van der Waals surface area contributed by atoms with E-state index < -0.39 is 0 Å². The zero-order valence-corrected chi connectivity index (χ0v) is 31.7. The molecule has 0 aliphatic heterocycles. The maximum Gasteiger partial charge on any atom is 0.164 e. The molecule has 12 aromatic rings. The molecule has 0 fully saturated rings. The van der Waals surface area contributed by atoms with Gasteiger partial charge in [-0.1, -0.05) is 121 Å². The number of para-hydroxylation sites is 1. The Morgan fingerprint density at radius 1 is 0.379 bits per heavy atom. The molecule has 0 atom stereocenters. The smallest absolute Gasteiger partial charge is 0.164 e. The van der Waals surface area contributed by atoms with Crippen LogP contribution in [0.25, 0.3) is 98.2 Å². The fraction of sp³-hybridized carbons (Fsp3) is 0. The summed E-state index contributed by atoms with van der Waals surface area (Å²) in [5.41, 5.74) is 8.83. The lowest BCUT2D eigenvalue weighted by Gasteiger charge is -2.27. The molecule has 6 nitrogen and oxygen atoms in total. The van der Waals surface area contributed by atoms with Gasteiger partial charge < -0.3 is 13.7 Å². The lowest BCUT2D eigenvalue weighted by atomic mass is 10.0. The van der Waals surface area contributed by atoms with Crippen LogP contribution in [0.15, 0.2) is 191 Å². The van der Waals surface area contributed by atoms with E-state index >= 15 is 0 Å². The third kappa shape index (κ3) is 5.14. The van der Waals surface area contributed by atoms with Crippen molar-refractivity contribution in [2.45, 2.75) is 0 Å². The molecule has 58 heavy (non-hydrogen) atoms. The summed E-state index contributed by atoms with van der Waals surface area (Å²) in [5, 5.41) is 6.42. The Morgan fingerprint density at radius 2 is 0.914 bits per heavy atom. The number of nitrogens with zero attached hydrogens (tertiary/aromatic N) is 4. The topological polar surface area (TPSA) is 68.2 Å². The first-order valence-electron chi connectivity index (χ1n) is 19.2. The van der Waals surface area contributed by atoms with Crippen molar-refractivity contribution in [2.75, 3.05) is 4.90 Å². The van der Waals surface area contributed by atoms with Gasteiger partial charge in [0.2, 0.25) is 0 Å². The molecular formula is C51H30N4O2S. The van der Waals surface area contributed by atoms with Crippen LogP contribution in [0.1, 0.15) is 0 Å². The van der Waals surface area contributed by atoms with Crippen molar-refractivity contribution in [2.24, 2.45) is 0 Å². The number of hydrogen-bond acceptors (Lipinski definition) is 7. The summed E-state index contributed by atoms with van der Waals surface area (Å²) in [4.78, 5) is 17.7. The maximum atomic E-state index is 6.75. The summed E-state index contributed by atoms with van der Waals surface area (Å²) < 4.78 is 15.7. The third-order valence-electron chi connectivity index (χ3n) is 10.9. The molecule has 7 heteroatoms. The van der Waals surface area contributed by atoms with Crippen LogP contribution in [0.2, 0.25) is 0 Å². The van der Waals surface area contributed by atoms with Gasteiger partial charge >= 0.3 is 0 Å². The number of thiophene rings is 1. The molecular weight excluding hydrogens is 733 g/mol. The van der Waals surface area contributed by atoms with Gasteiger partial charge in [0.15, 0.2) is 17.5 Å². The zero-order chi connectivity index (χ0) is 38.2. The van der Waals surface area contributed by atoms with Gasteiger partial charge in [0.05, 0.1) is 22.1 Å². The van der Waals surface area contributed by atoms with Gasteiger partial charge in [-0.05, 0) is 60.7 Å². The minimum atomic E-state index is 0.566. The molecule has 0 bridgehead atoms. The largest absolute Gasteiger partial charge is 0.456 e. The fourth-order valence-corrected chi connectivity index (χ4v) is 9.44. The minimum absolute atomic E-state index is 0.566. The standard InChI is InChI=1S/C51H30N4O2S/c1-3-14-31(15-4-1)49-52-50(32-16-5-2-6-17-32)54-51(53-49)36-20-11-24-42-47(36)48-39(22-13-26-43(48)57-42)55(33-28-29-45-37(30-33)34-18-8-10-27-44(34)58-45)38-21-12-25-41-46(38)35-19-7-9-23-40(35)56-41/h1-30H. The summed E-state index contributed by atoms with van der Waals surface area (Å²) in [5.74, 6) is 1.77. The van der Waals surface area contributed by atoms with Crippen molar-refractivity contribution < 1.29 is 8.83 Å². The second kappa shape index (κ2) is 13.0. The normalized spacial score (nSPS) is 11.8. The first-order chi connectivity index (χ1) is 28.7. The molecule has 0 spiro atoms. The van der Waals surface area contributed by atoms with Gasteiger partial charge in [0.1, 0.15) is 22.3 Å². The first-order valence-corrected chi connectivity index (χ1v) is 20.0. The van der Waals surface area contributed by atoms with Crippen LogP contribution in [0, 0.1) is 0 Å². The summed E-state index contributed by atoms with van der Waals surface area (Å²) in [6.45, 7) is 0. The van der Waals surface area contributed by atoms with Crippen LogP contribution in [0.4, 0.5) is 17.1 Å². The Hall–Kier alpha value is -7.61. The Morgan fingerprint density at radius 3 is 1.66 bits per heavy atom. The summed E-state index contributed by atoms with van der Waals surface area (Å²) in [6, 6.07) is 62.6. The molecule has 0 radical (unpaired) electrons. The summed E-state index contributed by atoms with van der Waals surface area (Å²) in [7, 11) is 0. The third-order valence-corrected chi connectivity index (χ3v) is 12.1. The lowest BCUT2D eigenvalue weighted by Crippen LogP contribution is -2.10. The monoisotopic (exact) mass is 762 g/mol. The predicted octanol–water partition coefficient (Wildman–Crippen LogP) is 14.5. The van der Waals surface area contributed by atoms with Gasteiger partial charge in [-0.2, -0.15) is 0 Å². The van der Waals surface area contributed by atoms with E-state index in [1.807, 2.05) is 108 Å². The highest BCUT2D eigenvalue weighted by molar-refractivity contribution is 7.25. The van der Waals surface area contributed by atoms with E-state index in [0.717, 1.165) is 77.6 Å². The highest BCUT2D eigenvalue weighted by Crippen LogP contribution is 2.49. The van der Waals surface area contributed by atoms with E-state index in [1.165, 1.54) is 20.2 Å². The van der Waals surface area contributed by atoms with E-state index in [2.05, 4.69) is 89.8 Å². The predicted molar refractivity (Wildman–Crippen MR) is 238 cm³/mol. The molecule has 0 unspecified atom stereocenters. The summed E-state index contributed by atoms with van der Waals surface area (Å²) in [6.07, 6.45) is 0. The van der Waals surface area contributed by atoms with Crippen molar-refractivity contribution in [3.8, 4) is 34.2 Å². The Balaban J connectivity index is 1.17. The van der Waals surface area contributed by atoms with E-state index in [0.29, 0.717) is 17.5 Å². The number of rotatable bonds is 6. The number of fused-ring (bicyclic) bond motifs is 9. The zero-order valence-electron chi connectivity index (χ0n) is 30.8. The Labute approximate surface area is 335 Å². The molecule has 0 saturated carbocycles. The van der Waals surface area contributed by atoms with Gasteiger partial charge in [-0.25, -0.2) is 15.0 Å². The molecule has 0 aliphatic rings. The van der Waals surface area contributed by atoms with E-state index in [9.17, 15) is 0 Å². The van der Waals surface area contributed by atoms with Gasteiger partial charge in [-0.15, -0.1) is 11.3 Å². The Kier molecular flexibility index (Phi) is 7.30. The quantitative estimate of drug-likeness (QED) is 0.168. The molecule has 0 N–H and O–H groups in total. The van der Waals surface area contributed by atoms with Crippen LogP contribution >= 0.6 is 11.3 Å². The van der Waals surface area contributed by atoms with Crippen molar-refractivity contribution in [3.63, 3.8) is 0 Å². The number of hydrogen-bond donors (Lipinski definition) is 0. The van der Waals surface area contributed by atoms with Crippen LogP contribution < -0.4 is 4.90 Å². The van der Waals surface area contributed by atoms with Crippen molar-refractivity contribution in [1.82, 2.24) is 15.0 Å². The second-order valence-electron chi connectivity index (χ2n) is 14.3. The average Bonchev–Trinajstić information content (AvgIpc) is 3.99. The Bertz CT molecular complexity index is 3480. The molecule has 272 valence electrons. The molecule has 0 amide bonds. The van der Waals surface area contributed by atoms with Crippen molar-refractivity contribution >= 4 is 92.4 Å². The van der Waals surface area contributed by atoms with Crippen molar-refractivity contribution in [3.05, 3.63) is 182 Å². The van der Waals surface area contributed by atoms with E-state index in [1.54, 1.807) is 0 Å². The van der Waals surface area contributed by atoms with Crippen LogP contribution in [0.3, 0.4) is 0 Å². The summed E-state index contributed by atoms with van der Waals surface area (Å²) >= 11 is 1.82. The van der Waals surface area contributed by atoms with Gasteiger partial charge in [0.25, 0.3) is 0 Å². The molecule has 8 aromatic carbocycles. The first kappa shape index (κ1) is 32.6. The molecule has 12 rings (SSSR count). The highest BCUT2D eigenvalue weighted by Gasteiger charge is 2.26. The fourth-order valence-electron chi connectivity index (χ4n) is 8.35. The van der Waals surface area contributed by atoms with E-state index in [-0.39, 0.29) is 0 Å². The SMILES string of the molecule is c1ccc(-c2nc(-c3ccccc3)nc(-c3cccc4oc5cccc(N(c6ccc7sc8ccccc8c7c6)c6cccc7oc8ccccc8c67)c5c34)n2)cc1. The van der Waals surface area contributed by atoms with Crippen LogP contribution in [0.5, 0.6) is 0 Å². The lowest BCUT2D eigenvalue weighted by molar-refractivity contribution is 0.669. The number of benzene rings is 8. The minimum Gasteiger partial charge on any atom is -0.456 e. The maximum absolute atomic E-state index is 6.75. The molecule has 0 saturated heterocycles. The highest BCUT2D eigenvalue weighted by atomic mass is 32.1. The number of aromatic nitrogens is 3. The van der Waals surface area contributed by atoms with Gasteiger partial charge in [0, 0.05) is 53.3 Å². The van der Waals surface area contributed by atoms with Crippen LogP contribution in [-0.2, 0) is 0 Å².